The summed E-state index contributed by atoms with van der Waals surface area (Å²) in [6.07, 6.45) is 5.54. The van der Waals surface area contributed by atoms with Gasteiger partial charge in [-0.1, -0.05) is 26.0 Å². The van der Waals surface area contributed by atoms with Gasteiger partial charge in [-0.05, 0) is 24.8 Å². The summed E-state index contributed by atoms with van der Waals surface area (Å²) in [7, 11) is 0. The molecule has 0 aliphatic rings. The zero-order valence-electron chi connectivity index (χ0n) is 11.6. The summed E-state index contributed by atoms with van der Waals surface area (Å²) in [6, 6.07) is 3.96. The molecule has 0 fully saturated rings. The summed E-state index contributed by atoms with van der Waals surface area (Å²) in [5.74, 6) is 0.775. The smallest absolute Gasteiger partial charge is 0.123 e. The van der Waals surface area contributed by atoms with Crippen molar-refractivity contribution in [2.75, 3.05) is 6.61 Å². The fourth-order valence-electron chi connectivity index (χ4n) is 2.07. The first kappa shape index (κ1) is 14.5. The van der Waals surface area contributed by atoms with E-state index in [1.165, 1.54) is 5.56 Å². The molecule has 0 unspecified atom stereocenters. The second kappa shape index (κ2) is 7.01. The van der Waals surface area contributed by atoms with Crippen molar-refractivity contribution in [3.05, 3.63) is 41.9 Å². The Balaban J connectivity index is 2.53. The lowest BCUT2D eigenvalue weighted by Gasteiger charge is -2.13. The van der Waals surface area contributed by atoms with Gasteiger partial charge in [0.05, 0.1) is 5.69 Å². The van der Waals surface area contributed by atoms with Crippen LogP contribution < -0.4 is 4.74 Å². The number of hydrogen-bond donors (Lipinski definition) is 0. The minimum atomic E-state index is 0.473. The van der Waals surface area contributed by atoms with Gasteiger partial charge in [0.2, 0.25) is 0 Å². The quantitative estimate of drug-likeness (QED) is 0.548. The highest BCUT2D eigenvalue weighted by molar-refractivity contribution is 7.13. The Morgan fingerprint density at radius 1 is 1.45 bits per heavy atom. The van der Waals surface area contributed by atoms with Gasteiger partial charge >= 0.3 is 0 Å². The lowest BCUT2D eigenvalue weighted by Crippen LogP contribution is -1.96. The van der Waals surface area contributed by atoms with Gasteiger partial charge in [0.1, 0.15) is 17.4 Å². The van der Waals surface area contributed by atoms with Crippen molar-refractivity contribution in [1.29, 1.82) is 0 Å². The van der Waals surface area contributed by atoms with Gasteiger partial charge in [0.25, 0.3) is 0 Å². The van der Waals surface area contributed by atoms with Gasteiger partial charge in [0, 0.05) is 23.2 Å². The molecular weight excluding hydrogens is 268 g/mol. The maximum Gasteiger partial charge on any atom is 0.123 e. The Morgan fingerprint density at radius 3 is 2.90 bits per heavy atom. The van der Waals surface area contributed by atoms with Crippen molar-refractivity contribution in [1.82, 2.24) is 4.98 Å². The molecule has 104 valence electrons. The number of aromatic nitrogens is 1. The molecule has 2 rings (SSSR count). The zero-order valence-corrected chi connectivity index (χ0v) is 12.4. The van der Waals surface area contributed by atoms with Gasteiger partial charge in [0.15, 0.2) is 0 Å². The molecule has 0 spiro atoms. The highest BCUT2D eigenvalue weighted by Crippen LogP contribution is 2.37. The average molecular weight is 286 g/mol. The summed E-state index contributed by atoms with van der Waals surface area (Å²) in [4.78, 5) is 8.56. The summed E-state index contributed by atoms with van der Waals surface area (Å²) >= 11 is 1.62. The molecule has 1 aromatic carbocycles. The lowest BCUT2D eigenvalue weighted by molar-refractivity contribution is 0.363. The molecule has 2 aromatic rings. The minimum Gasteiger partial charge on any atom is -0.489 e. The van der Waals surface area contributed by atoms with Crippen LogP contribution in [-0.2, 0) is 6.42 Å². The molecule has 0 aliphatic carbocycles. The van der Waals surface area contributed by atoms with E-state index < -0.39 is 0 Å². The largest absolute Gasteiger partial charge is 0.489 e. The SMILES string of the molecule is C=CCOc1cc(N=C)c(CCC)c(-c2nccs2)c1. The minimum absolute atomic E-state index is 0.473. The monoisotopic (exact) mass is 286 g/mol. The fraction of sp³-hybridized carbons (Fsp3) is 0.250. The standard InChI is InChI=1S/C16H18N2OS/c1-4-6-13-14(16-18-7-9-20-16)10-12(19-8-5-2)11-15(13)17-3/h5,7,9-11H,2-4,6,8H2,1H3. The zero-order chi connectivity index (χ0) is 14.4. The van der Waals surface area contributed by atoms with Gasteiger partial charge in [-0.3, -0.25) is 4.99 Å². The number of rotatable bonds is 7. The molecule has 20 heavy (non-hydrogen) atoms. The summed E-state index contributed by atoms with van der Waals surface area (Å²) in [5, 5.41) is 2.96. The van der Waals surface area contributed by atoms with Gasteiger partial charge < -0.3 is 4.74 Å². The fourth-order valence-corrected chi connectivity index (χ4v) is 2.75. The van der Waals surface area contributed by atoms with E-state index in [4.69, 9.17) is 4.74 Å². The molecule has 1 aromatic heterocycles. The van der Waals surface area contributed by atoms with E-state index >= 15 is 0 Å². The van der Waals surface area contributed by atoms with E-state index in [2.05, 4.69) is 30.2 Å². The van der Waals surface area contributed by atoms with Crippen LogP contribution in [0.3, 0.4) is 0 Å². The van der Waals surface area contributed by atoms with E-state index in [1.54, 1.807) is 17.4 Å². The third-order valence-electron chi connectivity index (χ3n) is 2.90. The molecule has 0 N–H and O–H groups in total. The summed E-state index contributed by atoms with van der Waals surface area (Å²) < 4.78 is 5.64. The van der Waals surface area contributed by atoms with Gasteiger partial charge in [-0.15, -0.1) is 11.3 Å². The third kappa shape index (κ3) is 3.14. The van der Waals surface area contributed by atoms with Crippen LogP contribution in [0.1, 0.15) is 18.9 Å². The number of benzene rings is 1. The first-order valence-electron chi connectivity index (χ1n) is 6.57. The van der Waals surface area contributed by atoms with Crippen molar-refractivity contribution >= 4 is 23.7 Å². The number of thiazole rings is 1. The van der Waals surface area contributed by atoms with E-state index in [0.717, 1.165) is 34.8 Å². The molecule has 3 nitrogen and oxygen atoms in total. The third-order valence-corrected chi connectivity index (χ3v) is 3.71. The van der Waals surface area contributed by atoms with Crippen LogP contribution >= 0.6 is 11.3 Å². The molecule has 1 heterocycles. The first-order valence-corrected chi connectivity index (χ1v) is 7.45. The highest BCUT2D eigenvalue weighted by Gasteiger charge is 2.14. The Labute approximate surface area is 123 Å². The summed E-state index contributed by atoms with van der Waals surface area (Å²) in [5.41, 5.74) is 3.15. The van der Waals surface area contributed by atoms with Crippen LogP contribution in [0.5, 0.6) is 5.75 Å². The Morgan fingerprint density at radius 2 is 2.30 bits per heavy atom. The molecule has 0 saturated heterocycles. The van der Waals surface area contributed by atoms with Crippen molar-refractivity contribution < 1.29 is 4.74 Å². The van der Waals surface area contributed by atoms with Gasteiger partial charge in [-0.25, -0.2) is 4.98 Å². The number of nitrogens with zero attached hydrogens (tertiary/aromatic N) is 2. The van der Waals surface area contributed by atoms with Gasteiger partial charge in [-0.2, -0.15) is 0 Å². The second-order valence-corrected chi connectivity index (χ2v) is 5.21. The lowest BCUT2D eigenvalue weighted by atomic mass is 10.0. The predicted molar refractivity (Wildman–Crippen MR) is 86.4 cm³/mol. The van der Waals surface area contributed by atoms with Crippen molar-refractivity contribution in [2.45, 2.75) is 19.8 Å². The molecule has 0 aliphatic heterocycles. The van der Waals surface area contributed by atoms with Crippen molar-refractivity contribution in [3.8, 4) is 16.3 Å². The molecule has 0 atom stereocenters. The topological polar surface area (TPSA) is 34.5 Å². The molecule has 0 bridgehead atoms. The van der Waals surface area contributed by atoms with Crippen molar-refractivity contribution in [3.63, 3.8) is 0 Å². The van der Waals surface area contributed by atoms with E-state index in [0.29, 0.717) is 6.61 Å². The Bertz CT molecular complexity index is 591. The maximum atomic E-state index is 5.64. The highest BCUT2D eigenvalue weighted by atomic mass is 32.1. The molecule has 0 radical (unpaired) electrons. The van der Waals surface area contributed by atoms with Crippen LogP contribution in [0, 0.1) is 0 Å². The molecule has 4 heteroatoms. The van der Waals surface area contributed by atoms with E-state index in [1.807, 2.05) is 23.7 Å². The number of aliphatic imine (C=N–C) groups is 1. The van der Waals surface area contributed by atoms with Crippen LogP contribution in [0.25, 0.3) is 10.6 Å². The normalized spacial score (nSPS) is 10.2. The van der Waals surface area contributed by atoms with Crippen LogP contribution in [0.2, 0.25) is 0 Å². The first-order chi connectivity index (χ1) is 9.80. The van der Waals surface area contributed by atoms with Crippen molar-refractivity contribution in [2.24, 2.45) is 4.99 Å². The summed E-state index contributed by atoms with van der Waals surface area (Å²) in [6.45, 7) is 9.97. The maximum absolute atomic E-state index is 5.64. The molecule has 0 amide bonds. The second-order valence-electron chi connectivity index (χ2n) is 4.31. The average Bonchev–Trinajstić information content (AvgIpc) is 3.00. The molecular formula is C16H18N2OS. The van der Waals surface area contributed by atoms with E-state index in [-0.39, 0.29) is 0 Å². The van der Waals surface area contributed by atoms with Crippen LogP contribution in [0.15, 0.2) is 41.4 Å². The predicted octanol–water partition coefficient (Wildman–Crippen LogP) is 4.66. The van der Waals surface area contributed by atoms with Crippen LogP contribution in [0.4, 0.5) is 5.69 Å². The number of ether oxygens (including phenoxy) is 1. The van der Waals surface area contributed by atoms with E-state index in [9.17, 15) is 0 Å². The molecule has 0 saturated carbocycles. The Kier molecular flexibility index (Phi) is 5.07. The Hall–Kier alpha value is -1.94. The number of hydrogen-bond acceptors (Lipinski definition) is 4. The van der Waals surface area contributed by atoms with Crippen LogP contribution in [-0.4, -0.2) is 18.3 Å².